The summed E-state index contributed by atoms with van der Waals surface area (Å²) in [6.45, 7) is 0. The standard InChI is InChI=1S/C55H31N3O2/c1-3-13-37-35(11-1)36-12-2-4-14-38(36)45-31-54-50(30-44(37)45)57(49-25-22-33(28-53(49)60-54)32-21-24-42-41-17-8-10-20-51(41)59-52(42)27-32)34-23-26-48-46(29-34)56-55-43-18-6-5-15-39(43)40-16-7-9-19-47(40)58(48)55/h1-31H. The number of rotatable bonds is 2. The van der Waals surface area contributed by atoms with E-state index >= 15 is 0 Å². The van der Waals surface area contributed by atoms with E-state index in [9.17, 15) is 0 Å². The molecule has 5 heteroatoms. The highest BCUT2D eigenvalue weighted by atomic mass is 16.5. The molecule has 0 saturated heterocycles. The van der Waals surface area contributed by atoms with E-state index in [0.29, 0.717) is 0 Å². The summed E-state index contributed by atoms with van der Waals surface area (Å²) in [5.41, 5.74) is 10.9. The molecule has 0 saturated carbocycles. The van der Waals surface area contributed by atoms with Gasteiger partial charge in [-0.25, -0.2) is 4.98 Å². The van der Waals surface area contributed by atoms with Crippen molar-refractivity contribution in [2.24, 2.45) is 0 Å². The molecular formula is C55H31N3O2. The predicted octanol–water partition coefficient (Wildman–Crippen LogP) is 15.4. The van der Waals surface area contributed by atoms with Crippen LogP contribution in [0.3, 0.4) is 0 Å². The van der Waals surface area contributed by atoms with Crippen molar-refractivity contribution in [1.82, 2.24) is 9.38 Å². The number of nitrogens with zero attached hydrogens (tertiary/aromatic N) is 3. The Morgan fingerprint density at radius 2 is 0.950 bits per heavy atom. The van der Waals surface area contributed by atoms with Crippen LogP contribution in [-0.2, 0) is 0 Å². The van der Waals surface area contributed by atoms with Gasteiger partial charge in [-0.15, -0.1) is 0 Å². The van der Waals surface area contributed by atoms with E-state index in [1.165, 1.54) is 37.7 Å². The molecule has 14 rings (SSSR count). The van der Waals surface area contributed by atoms with Gasteiger partial charge in [0.1, 0.15) is 16.8 Å². The lowest BCUT2D eigenvalue weighted by Crippen LogP contribution is -2.16. The van der Waals surface area contributed by atoms with Gasteiger partial charge in [0.25, 0.3) is 0 Å². The van der Waals surface area contributed by atoms with Crippen molar-refractivity contribution < 1.29 is 9.15 Å². The lowest BCUT2D eigenvalue weighted by atomic mass is 9.93. The van der Waals surface area contributed by atoms with Crippen LogP contribution in [0.2, 0.25) is 0 Å². The maximum atomic E-state index is 7.04. The second-order valence-electron chi connectivity index (χ2n) is 15.9. The summed E-state index contributed by atoms with van der Waals surface area (Å²) in [6, 6.07) is 67.1. The summed E-state index contributed by atoms with van der Waals surface area (Å²) in [7, 11) is 0. The second-order valence-corrected chi connectivity index (χ2v) is 15.9. The molecule has 3 aromatic heterocycles. The van der Waals surface area contributed by atoms with Crippen molar-refractivity contribution >= 4 is 110 Å². The number of anilines is 3. The van der Waals surface area contributed by atoms with Crippen molar-refractivity contribution in [1.29, 1.82) is 0 Å². The minimum Gasteiger partial charge on any atom is -0.456 e. The molecule has 0 atom stereocenters. The Morgan fingerprint density at radius 1 is 0.367 bits per heavy atom. The van der Waals surface area contributed by atoms with E-state index in [1.54, 1.807) is 0 Å². The highest BCUT2D eigenvalue weighted by Gasteiger charge is 2.29. The number of pyridine rings is 1. The van der Waals surface area contributed by atoms with Crippen LogP contribution in [0.1, 0.15) is 0 Å². The molecule has 1 aliphatic rings. The van der Waals surface area contributed by atoms with Gasteiger partial charge >= 0.3 is 0 Å². The molecule has 0 spiro atoms. The summed E-state index contributed by atoms with van der Waals surface area (Å²) in [5, 5.41) is 13.0. The van der Waals surface area contributed by atoms with Crippen LogP contribution in [0.4, 0.5) is 17.1 Å². The van der Waals surface area contributed by atoms with E-state index in [4.69, 9.17) is 14.1 Å². The number of imidazole rings is 1. The van der Waals surface area contributed by atoms with Crippen molar-refractivity contribution in [3.8, 4) is 22.6 Å². The predicted molar refractivity (Wildman–Crippen MR) is 248 cm³/mol. The topological polar surface area (TPSA) is 42.9 Å². The number of hydrogen-bond acceptors (Lipinski definition) is 4. The fourth-order valence-electron chi connectivity index (χ4n) is 10.0. The average molecular weight is 766 g/mol. The molecule has 10 aromatic carbocycles. The van der Waals surface area contributed by atoms with Gasteiger partial charge in [-0.2, -0.15) is 0 Å². The van der Waals surface area contributed by atoms with Crippen LogP contribution in [0.5, 0.6) is 11.5 Å². The first kappa shape index (κ1) is 31.9. The van der Waals surface area contributed by atoms with E-state index < -0.39 is 0 Å². The van der Waals surface area contributed by atoms with Gasteiger partial charge in [-0.05, 0) is 116 Å². The minimum atomic E-state index is 0.779. The Balaban J connectivity index is 1.02. The van der Waals surface area contributed by atoms with Crippen LogP contribution in [0.25, 0.3) is 104 Å². The highest BCUT2D eigenvalue weighted by Crippen LogP contribution is 2.54. The molecule has 0 N–H and O–H groups in total. The van der Waals surface area contributed by atoms with Crippen molar-refractivity contribution in [2.45, 2.75) is 0 Å². The Morgan fingerprint density at radius 3 is 1.73 bits per heavy atom. The van der Waals surface area contributed by atoms with Gasteiger partial charge in [0.2, 0.25) is 0 Å². The van der Waals surface area contributed by atoms with Crippen LogP contribution < -0.4 is 9.64 Å². The van der Waals surface area contributed by atoms with Gasteiger partial charge in [0.15, 0.2) is 11.5 Å². The number of ether oxygens (including phenoxy) is 1. The second kappa shape index (κ2) is 11.7. The number of hydrogen-bond donors (Lipinski definition) is 0. The first-order chi connectivity index (χ1) is 29.7. The summed E-state index contributed by atoms with van der Waals surface area (Å²) < 4.78 is 15.7. The van der Waals surface area contributed by atoms with Crippen molar-refractivity contribution in [3.63, 3.8) is 0 Å². The van der Waals surface area contributed by atoms with E-state index in [2.05, 4.69) is 185 Å². The fraction of sp³-hybridized carbons (Fsp3) is 0. The van der Waals surface area contributed by atoms with Gasteiger partial charge in [-0.1, -0.05) is 121 Å². The maximum Gasteiger partial charge on any atom is 0.152 e. The molecule has 1 aliphatic heterocycles. The lowest BCUT2D eigenvalue weighted by Gasteiger charge is -2.33. The van der Waals surface area contributed by atoms with Crippen LogP contribution in [0, 0.1) is 0 Å². The first-order valence-electron chi connectivity index (χ1n) is 20.4. The number of furan rings is 1. The molecule has 0 amide bonds. The zero-order valence-corrected chi connectivity index (χ0v) is 32.1. The lowest BCUT2D eigenvalue weighted by molar-refractivity contribution is 0.478. The molecular weight excluding hydrogens is 735 g/mol. The quantitative estimate of drug-likeness (QED) is 0.164. The third-order valence-electron chi connectivity index (χ3n) is 12.7. The Bertz CT molecular complexity index is 4010. The number of para-hydroxylation sites is 2. The fourth-order valence-corrected chi connectivity index (χ4v) is 10.0. The number of fused-ring (bicyclic) bond motifs is 19. The molecule has 5 nitrogen and oxygen atoms in total. The Hall–Kier alpha value is -8.15. The zero-order chi connectivity index (χ0) is 39.1. The molecule has 60 heavy (non-hydrogen) atoms. The number of benzene rings is 10. The van der Waals surface area contributed by atoms with Crippen molar-refractivity contribution in [3.05, 3.63) is 188 Å². The summed E-state index contributed by atoms with van der Waals surface area (Å²) in [6.07, 6.45) is 0. The summed E-state index contributed by atoms with van der Waals surface area (Å²) in [5.74, 6) is 1.58. The molecule has 0 bridgehead atoms. The van der Waals surface area contributed by atoms with Gasteiger partial charge in [0.05, 0.1) is 27.9 Å². The maximum absolute atomic E-state index is 7.04. The van der Waals surface area contributed by atoms with Gasteiger partial charge < -0.3 is 14.1 Å². The molecule has 0 fully saturated rings. The molecule has 4 heterocycles. The normalized spacial score (nSPS) is 12.8. The Kier molecular flexibility index (Phi) is 6.23. The van der Waals surface area contributed by atoms with Crippen LogP contribution in [0.15, 0.2) is 192 Å². The third kappa shape index (κ3) is 4.32. The summed E-state index contributed by atoms with van der Waals surface area (Å²) >= 11 is 0. The SMILES string of the molecule is c1ccc2c(c1)oc1cc(-c3ccc4c(c3)Oc3cc5c6ccccc6c6ccccc6c5cc3N4c3ccc4c(c3)nc3c5ccccc5c5ccccc5n43)ccc12. The van der Waals surface area contributed by atoms with Gasteiger partial charge in [0, 0.05) is 27.2 Å². The van der Waals surface area contributed by atoms with Gasteiger partial charge in [-0.3, -0.25) is 4.40 Å². The molecule has 0 radical (unpaired) electrons. The first-order valence-corrected chi connectivity index (χ1v) is 20.4. The van der Waals surface area contributed by atoms with E-state index in [-0.39, 0.29) is 0 Å². The minimum absolute atomic E-state index is 0.779. The highest BCUT2D eigenvalue weighted by molar-refractivity contribution is 6.26. The molecule has 0 aliphatic carbocycles. The van der Waals surface area contributed by atoms with Crippen LogP contribution in [-0.4, -0.2) is 9.38 Å². The van der Waals surface area contributed by atoms with Crippen LogP contribution >= 0.6 is 0 Å². The molecule has 278 valence electrons. The Labute approximate surface area is 342 Å². The molecule has 0 unspecified atom stereocenters. The molecule has 13 aromatic rings. The smallest absolute Gasteiger partial charge is 0.152 e. The van der Waals surface area contributed by atoms with E-state index in [0.717, 1.165) is 94.6 Å². The average Bonchev–Trinajstić information content (AvgIpc) is 3.89. The third-order valence-corrected chi connectivity index (χ3v) is 12.7. The summed E-state index contributed by atoms with van der Waals surface area (Å²) in [4.78, 5) is 7.73. The number of aromatic nitrogens is 2. The monoisotopic (exact) mass is 765 g/mol. The van der Waals surface area contributed by atoms with Crippen molar-refractivity contribution in [2.75, 3.05) is 4.90 Å². The largest absolute Gasteiger partial charge is 0.456 e. The van der Waals surface area contributed by atoms with E-state index in [1.807, 2.05) is 12.1 Å². The zero-order valence-electron chi connectivity index (χ0n) is 32.1.